The summed E-state index contributed by atoms with van der Waals surface area (Å²) in [5, 5.41) is 2.73. The van der Waals surface area contributed by atoms with Crippen molar-refractivity contribution in [2.45, 2.75) is 32.7 Å². The normalized spacial score (nSPS) is 12.0. The van der Waals surface area contributed by atoms with Crippen LogP contribution in [0, 0.1) is 5.92 Å². The van der Waals surface area contributed by atoms with E-state index in [1.165, 1.54) is 7.11 Å². The number of methoxy groups -OCH3 is 1. The van der Waals surface area contributed by atoms with Gasteiger partial charge in [0, 0.05) is 0 Å². The van der Waals surface area contributed by atoms with Gasteiger partial charge in [0.2, 0.25) is 5.91 Å². The van der Waals surface area contributed by atoms with Gasteiger partial charge >= 0.3 is 5.97 Å². The van der Waals surface area contributed by atoms with Crippen LogP contribution in [-0.4, -0.2) is 25.0 Å². The Bertz CT molecular complexity index is 415. The predicted molar refractivity (Wildman–Crippen MR) is 73.5 cm³/mol. The molecule has 1 atom stereocenters. The van der Waals surface area contributed by atoms with Crippen LogP contribution in [-0.2, 0) is 20.7 Å². The fraction of sp³-hybridized carbons (Fsp3) is 0.467. The van der Waals surface area contributed by atoms with Crippen LogP contribution in [0.25, 0.3) is 0 Å². The number of carbonyl (C=O) groups excluding carboxylic acids is 2. The van der Waals surface area contributed by atoms with Crippen molar-refractivity contribution in [1.29, 1.82) is 0 Å². The highest BCUT2D eigenvalue weighted by atomic mass is 16.5. The summed E-state index contributed by atoms with van der Waals surface area (Å²) in [6.07, 6.45) is 0.847. The summed E-state index contributed by atoms with van der Waals surface area (Å²) in [6.45, 7) is 4.00. The number of benzene rings is 1. The molecule has 0 bridgehead atoms. The summed E-state index contributed by atoms with van der Waals surface area (Å²) < 4.78 is 4.71. The highest BCUT2D eigenvalue weighted by Gasteiger charge is 2.22. The molecule has 0 fully saturated rings. The SMILES string of the molecule is COC(=O)[C@@H](CC(C)C)NC(=O)Cc1ccccc1. The van der Waals surface area contributed by atoms with Crippen LogP contribution in [0.4, 0.5) is 0 Å². The molecule has 0 saturated carbocycles. The van der Waals surface area contributed by atoms with E-state index in [1.54, 1.807) is 0 Å². The first-order valence-corrected chi connectivity index (χ1v) is 6.44. The molecule has 0 radical (unpaired) electrons. The molecule has 1 aromatic carbocycles. The maximum atomic E-state index is 11.9. The van der Waals surface area contributed by atoms with Gasteiger partial charge in [0.1, 0.15) is 6.04 Å². The van der Waals surface area contributed by atoms with E-state index in [1.807, 2.05) is 44.2 Å². The Labute approximate surface area is 114 Å². The Hall–Kier alpha value is -1.84. The molecule has 0 aromatic heterocycles. The zero-order chi connectivity index (χ0) is 14.3. The van der Waals surface area contributed by atoms with E-state index < -0.39 is 12.0 Å². The van der Waals surface area contributed by atoms with E-state index in [9.17, 15) is 9.59 Å². The number of hydrogen-bond acceptors (Lipinski definition) is 3. The van der Waals surface area contributed by atoms with E-state index in [2.05, 4.69) is 5.32 Å². The molecular formula is C15H21NO3. The number of rotatable bonds is 6. The topological polar surface area (TPSA) is 55.4 Å². The molecule has 104 valence electrons. The number of nitrogens with one attached hydrogen (secondary N) is 1. The highest BCUT2D eigenvalue weighted by molar-refractivity contribution is 5.85. The van der Waals surface area contributed by atoms with Gasteiger partial charge in [0.15, 0.2) is 0 Å². The molecule has 1 aromatic rings. The van der Waals surface area contributed by atoms with E-state index in [0.29, 0.717) is 12.3 Å². The minimum atomic E-state index is -0.568. The van der Waals surface area contributed by atoms with Crippen LogP contribution in [0.5, 0.6) is 0 Å². The lowest BCUT2D eigenvalue weighted by molar-refractivity contribution is -0.145. The third-order valence-electron chi connectivity index (χ3n) is 2.74. The molecule has 1 amide bonds. The molecule has 0 aliphatic heterocycles. The first-order valence-electron chi connectivity index (χ1n) is 6.44. The number of carbonyl (C=O) groups is 2. The molecule has 19 heavy (non-hydrogen) atoms. The van der Waals surface area contributed by atoms with Gasteiger partial charge in [-0.3, -0.25) is 4.79 Å². The maximum Gasteiger partial charge on any atom is 0.328 e. The number of esters is 1. The molecule has 0 aliphatic rings. The summed E-state index contributed by atoms with van der Waals surface area (Å²) in [6, 6.07) is 8.87. The molecule has 4 heteroatoms. The zero-order valence-electron chi connectivity index (χ0n) is 11.7. The minimum absolute atomic E-state index is 0.165. The van der Waals surface area contributed by atoms with Crippen molar-refractivity contribution in [3.63, 3.8) is 0 Å². The van der Waals surface area contributed by atoms with Gasteiger partial charge in [0.05, 0.1) is 13.5 Å². The minimum Gasteiger partial charge on any atom is -0.467 e. The number of hydrogen-bond donors (Lipinski definition) is 1. The van der Waals surface area contributed by atoms with Gasteiger partial charge in [0.25, 0.3) is 0 Å². The Balaban J connectivity index is 2.58. The maximum absolute atomic E-state index is 11.9. The van der Waals surface area contributed by atoms with Gasteiger partial charge in [-0.25, -0.2) is 4.79 Å². The fourth-order valence-electron chi connectivity index (χ4n) is 1.85. The van der Waals surface area contributed by atoms with Crippen molar-refractivity contribution in [3.8, 4) is 0 Å². The summed E-state index contributed by atoms with van der Waals surface area (Å²) in [4.78, 5) is 23.5. The quantitative estimate of drug-likeness (QED) is 0.798. The van der Waals surface area contributed by atoms with Crippen LogP contribution in [0.2, 0.25) is 0 Å². The van der Waals surface area contributed by atoms with E-state index in [-0.39, 0.29) is 12.3 Å². The number of ether oxygens (including phenoxy) is 1. The summed E-state index contributed by atoms with van der Waals surface area (Å²) in [5.41, 5.74) is 0.924. The molecule has 0 aliphatic carbocycles. The first kappa shape index (κ1) is 15.2. The molecule has 0 spiro atoms. The Morgan fingerprint density at radius 3 is 2.37 bits per heavy atom. The van der Waals surface area contributed by atoms with Gasteiger partial charge in [-0.05, 0) is 17.9 Å². The molecule has 4 nitrogen and oxygen atoms in total. The predicted octanol–water partition coefficient (Wildman–Crippen LogP) is 1.93. The van der Waals surface area contributed by atoms with Crippen molar-refractivity contribution in [1.82, 2.24) is 5.32 Å². The third-order valence-corrected chi connectivity index (χ3v) is 2.74. The Morgan fingerprint density at radius 2 is 1.84 bits per heavy atom. The van der Waals surface area contributed by atoms with Crippen LogP contribution in [0.3, 0.4) is 0 Å². The third kappa shape index (κ3) is 5.55. The van der Waals surface area contributed by atoms with E-state index in [4.69, 9.17) is 4.74 Å². The van der Waals surface area contributed by atoms with Crippen molar-refractivity contribution >= 4 is 11.9 Å². The zero-order valence-corrected chi connectivity index (χ0v) is 11.7. The monoisotopic (exact) mass is 263 g/mol. The number of amides is 1. The second kappa shape index (κ2) is 7.56. The van der Waals surface area contributed by atoms with Crippen LogP contribution in [0.15, 0.2) is 30.3 Å². The van der Waals surface area contributed by atoms with Crippen molar-refractivity contribution < 1.29 is 14.3 Å². The lowest BCUT2D eigenvalue weighted by Gasteiger charge is -2.18. The van der Waals surface area contributed by atoms with Crippen LogP contribution >= 0.6 is 0 Å². The van der Waals surface area contributed by atoms with Gasteiger partial charge in [-0.1, -0.05) is 44.2 Å². The van der Waals surface area contributed by atoms with Crippen molar-refractivity contribution in [2.24, 2.45) is 5.92 Å². The second-order valence-electron chi connectivity index (χ2n) is 4.94. The van der Waals surface area contributed by atoms with E-state index in [0.717, 1.165) is 5.56 Å². The Kier molecular flexibility index (Phi) is 6.06. The lowest BCUT2D eigenvalue weighted by Crippen LogP contribution is -2.43. The van der Waals surface area contributed by atoms with Crippen LogP contribution in [0.1, 0.15) is 25.8 Å². The van der Waals surface area contributed by atoms with Gasteiger partial charge in [-0.2, -0.15) is 0 Å². The van der Waals surface area contributed by atoms with Crippen LogP contribution < -0.4 is 5.32 Å². The summed E-state index contributed by atoms with van der Waals surface area (Å²) in [7, 11) is 1.33. The average molecular weight is 263 g/mol. The first-order chi connectivity index (χ1) is 9.02. The molecule has 0 saturated heterocycles. The highest BCUT2D eigenvalue weighted by Crippen LogP contribution is 2.07. The molecular weight excluding hydrogens is 242 g/mol. The largest absolute Gasteiger partial charge is 0.467 e. The van der Waals surface area contributed by atoms with Gasteiger partial charge < -0.3 is 10.1 Å². The van der Waals surface area contributed by atoms with E-state index >= 15 is 0 Å². The second-order valence-corrected chi connectivity index (χ2v) is 4.94. The summed E-state index contributed by atoms with van der Waals surface area (Å²) in [5.74, 6) is -0.251. The standard InChI is InChI=1S/C15H21NO3/c1-11(2)9-13(15(18)19-3)16-14(17)10-12-7-5-4-6-8-12/h4-8,11,13H,9-10H2,1-3H3,(H,16,17)/t13-/m1/s1. The molecule has 0 unspecified atom stereocenters. The fourth-order valence-corrected chi connectivity index (χ4v) is 1.85. The van der Waals surface area contributed by atoms with Crippen molar-refractivity contribution in [3.05, 3.63) is 35.9 Å². The summed E-state index contributed by atoms with van der Waals surface area (Å²) >= 11 is 0. The smallest absolute Gasteiger partial charge is 0.328 e. The van der Waals surface area contributed by atoms with Gasteiger partial charge in [-0.15, -0.1) is 0 Å². The average Bonchev–Trinajstić information content (AvgIpc) is 2.37. The lowest BCUT2D eigenvalue weighted by atomic mass is 10.0. The molecule has 1 rings (SSSR count). The molecule has 0 heterocycles. The molecule has 1 N–H and O–H groups in total. The Morgan fingerprint density at radius 1 is 1.21 bits per heavy atom. The van der Waals surface area contributed by atoms with Crippen molar-refractivity contribution in [2.75, 3.05) is 7.11 Å².